The predicted octanol–water partition coefficient (Wildman–Crippen LogP) is 2.81. The summed E-state index contributed by atoms with van der Waals surface area (Å²) in [5.74, 6) is 0.629. The number of aliphatic hydroxyl groups is 1. The van der Waals surface area contributed by atoms with E-state index >= 15 is 0 Å². The molecule has 1 aromatic heterocycles. The lowest BCUT2D eigenvalue weighted by Gasteiger charge is -2.30. The quantitative estimate of drug-likeness (QED) is 0.839. The SMILES string of the molecule is OC1CCN(Cc2ccccc2CNc2ncc(Br)cn2)CC1. The zero-order valence-electron chi connectivity index (χ0n) is 13.0. The smallest absolute Gasteiger partial charge is 0.222 e. The first-order valence-corrected chi connectivity index (χ1v) is 8.68. The first kappa shape index (κ1) is 16.4. The van der Waals surface area contributed by atoms with Gasteiger partial charge in [0.1, 0.15) is 0 Å². The van der Waals surface area contributed by atoms with E-state index in [0.29, 0.717) is 12.5 Å². The van der Waals surface area contributed by atoms with Crippen LogP contribution >= 0.6 is 15.9 Å². The molecule has 1 fully saturated rings. The maximum Gasteiger partial charge on any atom is 0.222 e. The van der Waals surface area contributed by atoms with Crippen LogP contribution in [0.1, 0.15) is 24.0 Å². The van der Waals surface area contributed by atoms with Crippen LogP contribution in [0, 0.1) is 0 Å². The molecule has 23 heavy (non-hydrogen) atoms. The average molecular weight is 377 g/mol. The van der Waals surface area contributed by atoms with E-state index in [1.807, 2.05) is 0 Å². The van der Waals surface area contributed by atoms with Gasteiger partial charge < -0.3 is 10.4 Å². The van der Waals surface area contributed by atoms with Crippen molar-refractivity contribution in [2.45, 2.75) is 32.0 Å². The van der Waals surface area contributed by atoms with Gasteiger partial charge in [0.15, 0.2) is 0 Å². The predicted molar refractivity (Wildman–Crippen MR) is 94.0 cm³/mol. The van der Waals surface area contributed by atoms with Gasteiger partial charge >= 0.3 is 0 Å². The van der Waals surface area contributed by atoms with Crippen molar-refractivity contribution in [3.05, 3.63) is 52.3 Å². The van der Waals surface area contributed by atoms with Crippen LogP contribution in [0.5, 0.6) is 0 Å². The summed E-state index contributed by atoms with van der Waals surface area (Å²) in [7, 11) is 0. The van der Waals surface area contributed by atoms with Crippen LogP contribution in [-0.2, 0) is 13.1 Å². The lowest BCUT2D eigenvalue weighted by Crippen LogP contribution is -2.35. The zero-order chi connectivity index (χ0) is 16.1. The lowest BCUT2D eigenvalue weighted by molar-refractivity contribution is 0.0791. The second-order valence-electron chi connectivity index (χ2n) is 5.85. The molecule has 1 aliphatic rings. The molecule has 0 aliphatic carbocycles. The minimum absolute atomic E-state index is 0.127. The molecule has 3 rings (SSSR count). The van der Waals surface area contributed by atoms with Crippen molar-refractivity contribution in [2.24, 2.45) is 0 Å². The molecule has 0 saturated carbocycles. The van der Waals surface area contributed by atoms with Gasteiger partial charge in [-0.3, -0.25) is 4.90 Å². The standard InChI is InChI=1S/C17H21BrN4O/c18-15-10-20-17(21-11-15)19-9-13-3-1-2-4-14(13)12-22-7-5-16(23)6-8-22/h1-4,10-11,16,23H,5-9,12H2,(H,19,20,21). The molecule has 6 heteroatoms. The maximum absolute atomic E-state index is 9.62. The number of piperidine rings is 1. The molecular formula is C17H21BrN4O. The van der Waals surface area contributed by atoms with E-state index in [9.17, 15) is 5.11 Å². The summed E-state index contributed by atoms with van der Waals surface area (Å²) in [6.07, 6.45) is 5.08. The molecule has 0 spiro atoms. The van der Waals surface area contributed by atoms with Crippen LogP contribution < -0.4 is 5.32 Å². The van der Waals surface area contributed by atoms with Gasteiger partial charge in [0.25, 0.3) is 0 Å². The van der Waals surface area contributed by atoms with Gasteiger partial charge in [-0.2, -0.15) is 0 Å². The molecule has 0 atom stereocenters. The van der Waals surface area contributed by atoms with Crippen LogP contribution in [0.3, 0.4) is 0 Å². The molecule has 2 heterocycles. The third-order valence-electron chi connectivity index (χ3n) is 4.13. The first-order chi connectivity index (χ1) is 11.2. The van der Waals surface area contributed by atoms with Gasteiger partial charge in [-0.15, -0.1) is 0 Å². The third kappa shape index (κ3) is 4.73. The Kier molecular flexibility index (Phi) is 5.59. The van der Waals surface area contributed by atoms with Crippen LogP contribution in [0.15, 0.2) is 41.1 Å². The normalized spacial score (nSPS) is 16.4. The van der Waals surface area contributed by atoms with Gasteiger partial charge in [-0.25, -0.2) is 9.97 Å². The second-order valence-corrected chi connectivity index (χ2v) is 6.77. The summed E-state index contributed by atoms with van der Waals surface area (Å²) < 4.78 is 0.871. The number of halogens is 1. The van der Waals surface area contributed by atoms with Crippen molar-refractivity contribution in [2.75, 3.05) is 18.4 Å². The minimum Gasteiger partial charge on any atom is -0.393 e. The van der Waals surface area contributed by atoms with E-state index in [-0.39, 0.29) is 6.10 Å². The second kappa shape index (κ2) is 7.86. The number of hydrogen-bond donors (Lipinski definition) is 2. The van der Waals surface area contributed by atoms with Crippen molar-refractivity contribution in [3.63, 3.8) is 0 Å². The van der Waals surface area contributed by atoms with Crippen molar-refractivity contribution < 1.29 is 5.11 Å². The first-order valence-electron chi connectivity index (χ1n) is 7.89. The van der Waals surface area contributed by atoms with E-state index in [1.165, 1.54) is 11.1 Å². The molecule has 1 saturated heterocycles. The number of nitrogens with zero attached hydrogens (tertiary/aromatic N) is 3. The number of nitrogens with one attached hydrogen (secondary N) is 1. The number of benzene rings is 1. The Morgan fingerprint density at radius 2 is 1.78 bits per heavy atom. The largest absolute Gasteiger partial charge is 0.393 e. The molecule has 1 aliphatic heterocycles. The number of rotatable bonds is 5. The van der Waals surface area contributed by atoms with Gasteiger partial charge in [0.2, 0.25) is 5.95 Å². The van der Waals surface area contributed by atoms with Crippen LogP contribution in [0.25, 0.3) is 0 Å². The highest BCUT2D eigenvalue weighted by Gasteiger charge is 2.17. The highest BCUT2D eigenvalue weighted by atomic mass is 79.9. The van der Waals surface area contributed by atoms with E-state index < -0.39 is 0 Å². The Morgan fingerprint density at radius 3 is 2.48 bits per heavy atom. The Hall–Kier alpha value is -1.50. The monoisotopic (exact) mass is 376 g/mol. The van der Waals surface area contributed by atoms with E-state index in [4.69, 9.17) is 0 Å². The topological polar surface area (TPSA) is 61.3 Å². The number of aromatic nitrogens is 2. The van der Waals surface area contributed by atoms with E-state index in [2.05, 4.69) is 60.4 Å². The minimum atomic E-state index is -0.127. The molecule has 0 bridgehead atoms. The molecule has 0 radical (unpaired) electrons. The molecule has 0 amide bonds. The molecule has 5 nitrogen and oxygen atoms in total. The summed E-state index contributed by atoms with van der Waals surface area (Å²) in [6, 6.07) is 8.45. The van der Waals surface area contributed by atoms with Crippen molar-refractivity contribution >= 4 is 21.9 Å². The third-order valence-corrected chi connectivity index (χ3v) is 4.54. The van der Waals surface area contributed by atoms with Crippen molar-refractivity contribution in [3.8, 4) is 0 Å². The van der Waals surface area contributed by atoms with Gasteiger partial charge in [0, 0.05) is 38.6 Å². The van der Waals surface area contributed by atoms with Crippen LogP contribution in [-0.4, -0.2) is 39.2 Å². The van der Waals surface area contributed by atoms with Crippen LogP contribution in [0.2, 0.25) is 0 Å². The number of anilines is 1. The molecule has 2 aromatic rings. The Morgan fingerprint density at radius 1 is 1.13 bits per heavy atom. The lowest BCUT2D eigenvalue weighted by atomic mass is 10.0. The summed E-state index contributed by atoms with van der Waals surface area (Å²) >= 11 is 3.34. The fraction of sp³-hybridized carbons (Fsp3) is 0.412. The highest BCUT2D eigenvalue weighted by Crippen LogP contribution is 2.17. The summed E-state index contributed by atoms with van der Waals surface area (Å²) in [5, 5.41) is 12.9. The van der Waals surface area contributed by atoms with Gasteiger partial charge in [-0.05, 0) is 39.9 Å². The summed E-state index contributed by atoms with van der Waals surface area (Å²) in [6.45, 7) is 3.54. The molecular weight excluding hydrogens is 356 g/mol. The summed E-state index contributed by atoms with van der Waals surface area (Å²) in [4.78, 5) is 10.9. The van der Waals surface area contributed by atoms with Gasteiger partial charge in [-0.1, -0.05) is 24.3 Å². The fourth-order valence-corrected chi connectivity index (χ4v) is 2.99. The van der Waals surface area contributed by atoms with Crippen LogP contribution in [0.4, 0.5) is 5.95 Å². The molecule has 122 valence electrons. The van der Waals surface area contributed by atoms with Gasteiger partial charge in [0.05, 0.1) is 10.6 Å². The molecule has 2 N–H and O–H groups in total. The number of aliphatic hydroxyl groups excluding tert-OH is 1. The fourth-order valence-electron chi connectivity index (χ4n) is 2.78. The Bertz CT molecular complexity index is 627. The zero-order valence-corrected chi connectivity index (χ0v) is 14.5. The number of hydrogen-bond acceptors (Lipinski definition) is 5. The molecule has 1 aromatic carbocycles. The Balaban J connectivity index is 1.62. The summed E-state index contributed by atoms with van der Waals surface area (Å²) in [5.41, 5.74) is 2.57. The molecule has 0 unspecified atom stereocenters. The maximum atomic E-state index is 9.62. The van der Waals surface area contributed by atoms with Crippen molar-refractivity contribution in [1.29, 1.82) is 0 Å². The Labute approximate surface area is 144 Å². The van der Waals surface area contributed by atoms with Crippen molar-refractivity contribution in [1.82, 2.24) is 14.9 Å². The van der Waals surface area contributed by atoms with E-state index in [1.54, 1.807) is 12.4 Å². The average Bonchev–Trinajstić information content (AvgIpc) is 2.58. The highest BCUT2D eigenvalue weighted by molar-refractivity contribution is 9.10. The number of likely N-dealkylation sites (tertiary alicyclic amines) is 1. The van der Waals surface area contributed by atoms with E-state index in [0.717, 1.165) is 36.9 Å².